The number of aryl methyl sites for hydroxylation is 1. The molecule has 0 spiro atoms. The Hall–Kier alpha value is -1.37. The normalized spacial score (nSPS) is 9.33. The Kier molecular flexibility index (Phi) is 3.27. The van der Waals surface area contributed by atoms with Gasteiger partial charge in [-0.15, -0.1) is 0 Å². The van der Waals surface area contributed by atoms with E-state index in [1.165, 1.54) is 11.8 Å². The van der Waals surface area contributed by atoms with Crippen molar-refractivity contribution >= 4 is 12.3 Å². The van der Waals surface area contributed by atoms with E-state index in [2.05, 4.69) is 18.7 Å². The molecule has 0 saturated carbocycles. The second-order valence-corrected chi connectivity index (χ2v) is 2.69. The van der Waals surface area contributed by atoms with Crippen molar-refractivity contribution in [2.45, 2.75) is 12.8 Å². The summed E-state index contributed by atoms with van der Waals surface area (Å²) in [5.41, 5.74) is 2.42. The monoisotopic (exact) mass is 159 g/mol. The van der Waals surface area contributed by atoms with E-state index in [4.69, 9.17) is 5.41 Å². The van der Waals surface area contributed by atoms with Crippen LogP contribution in [0.3, 0.4) is 0 Å². The highest BCUT2D eigenvalue weighted by molar-refractivity contribution is 5.54. The Bertz CT molecular complexity index is 276. The summed E-state index contributed by atoms with van der Waals surface area (Å²) in [6.45, 7) is 3.71. The minimum atomic E-state index is 0.820. The molecule has 0 amide bonds. The molecule has 1 nitrogen and oxygen atoms in total. The lowest BCUT2D eigenvalue weighted by atomic mass is 10.1. The summed E-state index contributed by atoms with van der Waals surface area (Å²) in [6, 6.07) is 8.24. The van der Waals surface area contributed by atoms with Crippen LogP contribution in [-0.2, 0) is 6.42 Å². The maximum Gasteiger partial charge on any atom is -0.00444 e. The van der Waals surface area contributed by atoms with Crippen molar-refractivity contribution in [2.24, 2.45) is 0 Å². The van der Waals surface area contributed by atoms with Crippen LogP contribution >= 0.6 is 0 Å². The summed E-state index contributed by atoms with van der Waals surface area (Å²) < 4.78 is 0. The van der Waals surface area contributed by atoms with Gasteiger partial charge in [-0.3, -0.25) is 0 Å². The van der Waals surface area contributed by atoms with E-state index in [1.807, 2.05) is 18.2 Å². The first-order chi connectivity index (χ1) is 5.86. The first-order valence-electron chi connectivity index (χ1n) is 4.07. The molecule has 0 heterocycles. The van der Waals surface area contributed by atoms with Crippen LogP contribution in [0, 0.1) is 5.41 Å². The van der Waals surface area contributed by atoms with Crippen molar-refractivity contribution in [3.8, 4) is 0 Å². The third-order valence-corrected chi connectivity index (χ3v) is 1.76. The van der Waals surface area contributed by atoms with Crippen LogP contribution < -0.4 is 0 Å². The molecule has 0 aliphatic rings. The van der Waals surface area contributed by atoms with Crippen molar-refractivity contribution in [3.05, 3.63) is 42.0 Å². The van der Waals surface area contributed by atoms with Crippen LogP contribution in [-0.4, -0.2) is 6.21 Å². The molecular weight excluding hydrogens is 146 g/mol. The zero-order valence-corrected chi connectivity index (χ0v) is 7.09. The van der Waals surface area contributed by atoms with Crippen LogP contribution in [0.15, 0.2) is 30.8 Å². The van der Waals surface area contributed by atoms with Crippen LogP contribution in [0.2, 0.25) is 0 Å². The highest BCUT2D eigenvalue weighted by atomic mass is 14.3. The molecule has 0 aromatic heterocycles. The van der Waals surface area contributed by atoms with E-state index >= 15 is 0 Å². The molecule has 1 N–H and O–H groups in total. The lowest BCUT2D eigenvalue weighted by molar-refractivity contribution is 1.05. The fourth-order valence-corrected chi connectivity index (χ4v) is 1.11. The average Bonchev–Trinajstić information content (AvgIpc) is 2.15. The zero-order valence-electron chi connectivity index (χ0n) is 7.09. The summed E-state index contributed by atoms with van der Waals surface area (Å²) >= 11 is 0. The molecule has 62 valence electrons. The first-order valence-corrected chi connectivity index (χ1v) is 4.07. The second kappa shape index (κ2) is 4.50. The molecule has 0 radical (unpaired) electrons. The van der Waals surface area contributed by atoms with Gasteiger partial charge in [0.1, 0.15) is 0 Å². The smallest absolute Gasteiger partial charge is 0.00444 e. The van der Waals surface area contributed by atoms with Gasteiger partial charge < -0.3 is 5.41 Å². The van der Waals surface area contributed by atoms with Crippen molar-refractivity contribution in [1.29, 1.82) is 5.41 Å². The van der Waals surface area contributed by atoms with E-state index in [-0.39, 0.29) is 0 Å². The van der Waals surface area contributed by atoms with Gasteiger partial charge in [-0.25, -0.2) is 0 Å². The number of nitrogens with one attached hydrogen (secondary N) is 1. The zero-order chi connectivity index (χ0) is 8.81. The highest BCUT2D eigenvalue weighted by Crippen LogP contribution is 2.07. The van der Waals surface area contributed by atoms with Gasteiger partial charge in [0.15, 0.2) is 0 Å². The number of hydrogen-bond donors (Lipinski definition) is 1. The van der Waals surface area contributed by atoms with Gasteiger partial charge in [-0.1, -0.05) is 36.9 Å². The molecule has 0 unspecified atom stereocenters. The van der Waals surface area contributed by atoms with Gasteiger partial charge in [0.2, 0.25) is 0 Å². The SMILES string of the molecule is C=Cc1cccc(CCC=N)c1. The quantitative estimate of drug-likeness (QED) is 0.653. The molecule has 1 heteroatoms. The minimum Gasteiger partial charge on any atom is -0.313 e. The summed E-state index contributed by atoms with van der Waals surface area (Å²) in [5.74, 6) is 0. The van der Waals surface area contributed by atoms with Crippen LogP contribution in [0.4, 0.5) is 0 Å². The van der Waals surface area contributed by atoms with Gasteiger partial charge >= 0.3 is 0 Å². The Morgan fingerprint density at radius 2 is 2.25 bits per heavy atom. The van der Waals surface area contributed by atoms with Crippen LogP contribution in [0.25, 0.3) is 6.08 Å². The Labute approximate surface area is 73.3 Å². The molecule has 0 atom stereocenters. The lowest BCUT2D eigenvalue weighted by Gasteiger charge is -1.98. The largest absolute Gasteiger partial charge is 0.313 e. The number of rotatable bonds is 4. The summed E-state index contributed by atoms with van der Waals surface area (Å²) in [7, 11) is 0. The third-order valence-electron chi connectivity index (χ3n) is 1.76. The Morgan fingerprint density at radius 1 is 1.42 bits per heavy atom. The molecule has 0 aliphatic carbocycles. The number of hydrogen-bond acceptors (Lipinski definition) is 1. The van der Waals surface area contributed by atoms with Crippen molar-refractivity contribution in [1.82, 2.24) is 0 Å². The standard InChI is InChI=1S/C11H13N/c1-2-10-5-3-6-11(9-10)7-4-8-12/h2-3,5-6,8-9,12H,1,4,7H2. The predicted molar refractivity (Wildman–Crippen MR) is 53.6 cm³/mol. The van der Waals surface area contributed by atoms with Gasteiger partial charge in [0, 0.05) is 0 Å². The predicted octanol–water partition coefficient (Wildman–Crippen LogP) is 2.91. The van der Waals surface area contributed by atoms with E-state index in [9.17, 15) is 0 Å². The molecule has 0 aliphatic heterocycles. The lowest BCUT2D eigenvalue weighted by Crippen LogP contribution is -1.85. The van der Waals surface area contributed by atoms with Crippen LogP contribution in [0.1, 0.15) is 17.5 Å². The van der Waals surface area contributed by atoms with Crippen molar-refractivity contribution in [3.63, 3.8) is 0 Å². The third kappa shape index (κ3) is 2.35. The highest BCUT2D eigenvalue weighted by Gasteiger charge is 1.91. The average molecular weight is 159 g/mol. The molecule has 1 aromatic rings. The summed E-state index contributed by atoms with van der Waals surface area (Å²) in [6.07, 6.45) is 5.06. The van der Waals surface area contributed by atoms with Crippen LogP contribution in [0.5, 0.6) is 0 Å². The fraction of sp³-hybridized carbons (Fsp3) is 0.182. The van der Waals surface area contributed by atoms with Crippen molar-refractivity contribution in [2.75, 3.05) is 0 Å². The summed E-state index contributed by atoms with van der Waals surface area (Å²) in [4.78, 5) is 0. The topological polar surface area (TPSA) is 23.9 Å². The van der Waals surface area contributed by atoms with Gasteiger partial charge in [0.25, 0.3) is 0 Å². The molecule has 1 aromatic carbocycles. The van der Waals surface area contributed by atoms with Crippen molar-refractivity contribution < 1.29 is 0 Å². The molecule has 12 heavy (non-hydrogen) atoms. The minimum absolute atomic E-state index is 0.820. The van der Waals surface area contributed by atoms with Gasteiger partial charge in [-0.2, -0.15) is 0 Å². The first kappa shape index (κ1) is 8.72. The van der Waals surface area contributed by atoms with E-state index in [0.717, 1.165) is 18.4 Å². The molecule has 0 bridgehead atoms. The van der Waals surface area contributed by atoms with E-state index < -0.39 is 0 Å². The van der Waals surface area contributed by atoms with Gasteiger partial charge in [-0.05, 0) is 30.2 Å². The molecule has 0 fully saturated rings. The maximum absolute atomic E-state index is 6.91. The van der Waals surface area contributed by atoms with E-state index in [1.54, 1.807) is 0 Å². The van der Waals surface area contributed by atoms with Gasteiger partial charge in [0.05, 0.1) is 0 Å². The van der Waals surface area contributed by atoms with E-state index in [0.29, 0.717) is 0 Å². The molecule has 0 saturated heterocycles. The Morgan fingerprint density at radius 3 is 2.92 bits per heavy atom. The fourth-order valence-electron chi connectivity index (χ4n) is 1.11. The number of benzene rings is 1. The maximum atomic E-state index is 6.91. The Balaban J connectivity index is 2.72. The molecule has 1 rings (SSSR count). The summed E-state index contributed by atoms with van der Waals surface area (Å²) in [5, 5.41) is 6.91. The second-order valence-electron chi connectivity index (χ2n) is 2.69. The molecular formula is C11H13N.